The lowest BCUT2D eigenvalue weighted by Crippen LogP contribution is -2.43. The summed E-state index contributed by atoms with van der Waals surface area (Å²) in [5, 5.41) is 0. The van der Waals surface area contributed by atoms with E-state index in [2.05, 4.69) is 4.98 Å². The average molecular weight is 287 g/mol. The number of hydrogen-bond donors (Lipinski definition) is 1. The smallest absolute Gasteiger partial charge is 0.351 e. The first-order valence-electron chi connectivity index (χ1n) is 6.64. The minimum absolute atomic E-state index is 0.0494. The Labute approximate surface area is 115 Å². The fourth-order valence-electron chi connectivity index (χ4n) is 2.89. The Hall–Kier alpha value is -1.50. The van der Waals surface area contributed by atoms with Gasteiger partial charge in [-0.2, -0.15) is 4.98 Å². The van der Waals surface area contributed by atoms with E-state index in [0.29, 0.717) is 6.42 Å². The van der Waals surface area contributed by atoms with Crippen LogP contribution in [0.2, 0.25) is 0 Å². The minimum Gasteiger partial charge on any atom is -0.383 e. The molecule has 1 aromatic heterocycles. The first-order valence-corrected chi connectivity index (χ1v) is 6.64. The van der Waals surface area contributed by atoms with Crippen molar-refractivity contribution in [2.75, 3.05) is 5.73 Å². The van der Waals surface area contributed by atoms with Crippen LogP contribution in [0.15, 0.2) is 17.1 Å². The molecule has 1 aliphatic rings. The average Bonchev–Trinajstić information content (AvgIpc) is 2.64. The third-order valence-electron chi connectivity index (χ3n) is 4.21. The van der Waals surface area contributed by atoms with Gasteiger partial charge in [-0.1, -0.05) is 13.8 Å². The molecule has 0 unspecified atom stereocenters. The van der Waals surface area contributed by atoms with Crippen molar-refractivity contribution in [1.29, 1.82) is 0 Å². The number of alkyl halides is 2. The van der Waals surface area contributed by atoms with Crippen LogP contribution < -0.4 is 11.4 Å². The summed E-state index contributed by atoms with van der Waals surface area (Å²) in [5.74, 6) is -0.615. The molecule has 0 amide bonds. The van der Waals surface area contributed by atoms with E-state index in [0.717, 1.165) is 4.57 Å². The van der Waals surface area contributed by atoms with Crippen LogP contribution in [-0.2, 0) is 4.74 Å². The molecule has 0 bridgehead atoms. The van der Waals surface area contributed by atoms with Gasteiger partial charge in [0.1, 0.15) is 17.6 Å². The highest BCUT2D eigenvalue weighted by Gasteiger charge is 2.56. The van der Waals surface area contributed by atoms with Crippen molar-refractivity contribution in [2.24, 2.45) is 5.92 Å². The van der Waals surface area contributed by atoms with Crippen molar-refractivity contribution in [1.82, 2.24) is 9.55 Å². The van der Waals surface area contributed by atoms with Crippen molar-refractivity contribution in [3.05, 3.63) is 22.7 Å². The van der Waals surface area contributed by atoms with Gasteiger partial charge >= 0.3 is 5.69 Å². The van der Waals surface area contributed by atoms with Crippen molar-refractivity contribution in [3.8, 4) is 0 Å². The highest BCUT2D eigenvalue weighted by molar-refractivity contribution is 5.23. The summed E-state index contributed by atoms with van der Waals surface area (Å²) >= 11 is 0. The second-order valence-electron chi connectivity index (χ2n) is 5.21. The topological polar surface area (TPSA) is 70.1 Å². The van der Waals surface area contributed by atoms with Gasteiger partial charge in [-0.25, -0.2) is 13.6 Å². The molecule has 5 atom stereocenters. The number of ether oxygens (including phenoxy) is 1. The molecule has 2 heterocycles. The lowest BCUT2D eigenvalue weighted by atomic mass is 9.82. The quantitative estimate of drug-likeness (QED) is 0.921. The molecule has 7 heteroatoms. The van der Waals surface area contributed by atoms with Gasteiger partial charge in [0.15, 0.2) is 12.4 Å². The van der Waals surface area contributed by atoms with Crippen LogP contribution in [0.4, 0.5) is 14.6 Å². The van der Waals surface area contributed by atoms with Crippen molar-refractivity contribution in [3.63, 3.8) is 0 Å². The van der Waals surface area contributed by atoms with Gasteiger partial charge in [0.05, 0.1) is 0 Å². The molecule has 1 fully saturated rings. The van der Waals surface area contributed by atoms with Gasteiger partial charge < -0.3 is 10.5 Å². The predicted octanol–water partition coefficient (Wildman–Crippen LogP) is 1.84. The van der Waals surface area contributed by atoms with Crippen LogP contribution >= 0.6 is 0 Å². The fraction of sp³-hybridized carbons (Fsp3) is 0.692. The standard InChI is InChI=1S/C13H19F2N3O2/c1-4-13(8(3)14)7(2)10(15)11(20-13)18-6-5-9(16)17-12(18)19/h5-8,10-11H,4H2,1-3H3,(H2,16,17,19)/t7-,8+,10+,11+,13+/m0/s1. The van der Waals surface area contributed by atoms with Gasteiger partial charge in [-0.05, 0) is 19.4 Å². The van der Waals surface area contributed by atoms with Crippen LogP contribution in [-0.4, -0.2) is 27.5 Å². The Bertz CT molecular complexity index is 549. The Morgan fingerprint density at radius 1 is 1.65 bits per heavy atom. The molecule has 0 saturated carbocycles. The molecule has 2 rings (SSSR count). The van der Waals surface area contributed by atoms with E-state index in [9.17, 15) is 13.6 Å². The van der Waals surface area contributed by atoms with Gasteiger partial charge in [0, 0.05) is 12.1 Å². The molecular weight excluding hydrogens is 268 g/mol. The number of rotatable bonds is 3. The highest BCUT2D eigenvalue weighted by atomic mass is 19.1. The SMILES string of the molecule is CC[C@@]1([C@@H](C)F)O[C@@H](n2ccc(N)nc2=O)[C@H](F)[C@@H]1C. The summed E-state index contributed by atoms with van der Waals surface area (Å²) in [6.45, 7) is 4.69. The number of hydrogen-bond acceptors (Lipinski definition) is 4. The number of nitrogens with zero attached hydrogens (tertiary/aromatic N) is 2. The molecule has 1 aromatic rings. The second kappa shape index (κ2) is 5.12. The number of aromatic nitrogens is 2. The first kappa shape index (κ1) is 14.9. The third-order valence-corrected chi connectivity index (χ3v) is 4.21. The first-order chi connectivity index (χ1) is 9.33. The lowest BCUT2D eigenvalue weighted by Gasteiger charge is -2.33. The summed E-state index contributed by atoms with van der Waals surface area (Å²) in [7, 11) is 0. The zero-order valence-electron chi connectivity index (χ0n) is 11.7. The maximum Gasteiger partial charge on any atom is 0.351 e. The second-order valence-corrected chi connectivity index (χ2v) is 5.21. The zero-order valence-corrected chi connectivity index (χ0v) is 11.7. The molecule has 1 aliphatic heterocycles. The molecule has 0 aromatic carbocycles. The zero-order chi connectivity index (χ0) is 15.1. The predicted molar refractivity (Wildman–Crippen MR) is 70.7 cm³/mol. The third kappa shape index (κ3) is 2.09. The summed E-state index contributed by atoms with van der Waals surface area (Å²) in [4.78, 5) is 15.3. The number of halogens is 2. The molecule has 0 aliphatic carbocycles. The molecule has 0 spiro atoms. The highest BCUT2D eigenvalue weighted by Crippen LogP contribution is 2.47. The van der Waals surface area contributed by atoms with Gasteiger partial charge in [0.2, 0.25) is 0 Å². The Morgan fingerprint density at radius 3 is 2.75 bits per heavy atom. The molecular formula is C13H19F2N3O2. The van der Waals surface area contributed by atoms with Crippen LogP contribution in [0.1, 0.15) is 33.4 Å². The van der Waals surface area contributed by atoms with E-state index in [1.807, 2.05) is 0 Å². The van der Waals surface area contributed by atoms with E-state index >= 15 is 0 Å². The minimum atomic E-state index is -1.49. The van der Waals surface area contributed by atoms with Crippen LogP contribution in [0.25, 0.3) is 0 Å². The normalized spacial score (nSPS) is 35.1. The molecule has 112 valence electrons. The van der Waals surface area contributed by atoms with Crippen molar-refractivity contribution in [2.45, 2.75) is 51.4 Å². The van der Waals surface area contributed by atoms with E-state index in [1.54, 1.807) is 13.8 Å². The van der Waals surface area contributed by atoms with Crippen molar-refractivity contribution >= 4 is 5.82 Å². The van der Waals surface area contributed by atoms with E-state index < -0.39 is 35.8 Å². The van der Waals surface area contributed by atoms with Gasteiger partial charge in [-0.15, -0.1) is 0 Å². The molecule has 1 saturated heterocycles. The summed E-state index contributed by atoms with van der Waals surface area (Å²) < 4.78 is 35.1. The Morgan fingerprint density at radius 2 is 2.30 bits per heavy atom. The number of nitrogen functional groups attached to an aromatic ring is 1. The summed E-state index contributed by atoms with van der Waals surface area (Å²) in [6.07, 6.45) is -2.37. The van der Waals surface area contributed by atoms with Crippen molar-refractivity contribution < 1.29 is 13.5 Å². The van der Waals surface area contributed by atoms with E-state index in [-0.39, 0.29) is 5.82 Å². The number of nitrogens with two attached hydrogens (primary N) is 1. The molecule has 5 nitrogen and oxygen atoms in total. The summed E-state index contributed by atoms with van der Waals surface area (Å²) in [6, 6.07) is 1.38. The Kier molecular flexibility index (Phi) is 3.82. The van der Waals surface area contributed by atoms with Crippen LogP contribution in [0.3, 0.4) is 0 Å². The largest absolute Gasteiger partial charge is 0.383 e. The lowest BCUT2D eigenvalue weighted by molar-refractivity contribution is -0.126. The monoisotopic (exact) mass is 287 g/mol. The molecule has 20 heavy (non-hydrogen) atoms. The van der Waals surface area contributed by atoms with Crippen LogP contribution in [0.5, 0.6) is 0 Å². The van der Waals surface area contributed by atoms with E-state index in [4.69, 9.17) is 10.5 Å². The van der Waals surface area contributed by atoms with Crippen LogP contribution in [0, 0.1) is 5.92 Å². The maximum absolute atomic E-state index is 14.5. The van der Waals surface area contributed by atoms with Gasteiger partial charge in [0.25, 0.3) is 0 Å². The molecule has 2 N–H and O–H groups in total. The Balaban J connectivity index is 2.42. The van der Waals surface area contributed by atoms with Gasteiger partial charge in [-0.3, -0.25) is 4.57 Å². The van der Waals surface area contributed by atoms with E-state index in [1.165, 1.54) is 19.2 Å². The fourth-order valence-corrected chi connectivity index (χ4v) is 2.89. The number of anilines is 1. The molecule has 0 radical (unpaired) electrons. The summed E-state index contributed by atoms with van der Waals surface area (Å²) in [5.41, 5.74) is 3.46. The maximum atomic E-state index is 14.5.